The van der Waals surface area contributed by atoms with Crippen molar-refractivity contribution in [2.75, 3.05) is 12.0 Å². The highest BCUT2D eigenvalue weighted by Gasteiger charge is 2.18. The summed E-state index contributed by atoms with van der Waals surface area (Å²) in [5, 5.41) is 3.81. The number of anilines is 1. The van der Waals surface area contributed by atoms with Crippen molar-refractivity contribution in [1.29, 1.82) is 0 Å². The standard InChI is InChI=1S/C10H11N7O2S/c1-16-5-3-4-6(16)7-12-9-14-10(20(2,18)19)13-8(11)17(9)15-7/h3-5H,1-2H3,(H2,11,12,13,14,15). The molecule has 20 heavy (non-hydrogen) atoms. The lowest BCUT2D eigenvalue weighted by Crippen LogP contribution is -2.11. The first kappa shape index (κ1) is 12.5. The molecule has 2 N–H and O–H groups in total. The molecular formula is C10H11N7O2S. The van der Waals surface area contributed by atoms with Crippen molar-refractivity contribution in [2.45, 2.75) is 5.16 Å². The predicted octanol–water partition coefficient (Wildman–Crippen LogP) is -0.490. The van der Waals surface area contributed by atoms with Crippen molar-refractivity contribution in [1.82, 2.24) is 29.1 Å². The van der Waals surface area contributed by atoms with Crippen LogP contribution in [0.4, 0.5) is 5.95 Å². The first-order valence-electron chi connectivity index (χ1n) is 5.58. The Kier molecular flexibility index (Phi) is 2.51. The maximum absolute atomic E-state index is 11.5. The molecule has 10 heteroatoms. The Morgan fingerprint density at radius 2 is 2.00 bits per heavy atom. The molecule has 3 aromatic heterocycles. The lowest BCUT2D eigenvalue weighted by atomic mass is 10.4. The van der Waals surface area contributed by atoms with E-state index in [9.17, 15) is 8.42 Å². The number of aromatic nitrogens is 6. The van der Waals surface area contributed by atoms with Crippen molar-refractivity contribution in [3.8, 4) is 11.5 Å². The molecule has 0 aliphatic carbocycles. The Balaban J connectivity index is 2.27. The number of aryl methyl sites for hydroxylation is 1. The van der Waals surface area contributed by atoms with Gasteiger partial charge in [0.2, 0.25) is 15.8 Å². The molecule has 0 atom stereocenters. The fraction of sp³-hybridized carbons (Fsp3) is 0.200. The van der Waals surface area contributed by atoms with Gasteiger partial charge >= 0.3 is 0 Å². The van der Waals surface area contributed by atoms with E-state index >= 15 is 0 Å². The molecule has 0 bridgehead atoms. The summed E-state index contributed by atoms with van der Waals surface area (Å²) in [6.07, 6.45) is 2.85. The molecule has 0 fully saturated rings. The normalized spacial score (nSPS) is 12.1. The Hall–Kier alpha value is -2.49. The highest BCUT2D eigenvalue weighted by Crippen LogP contribution is 2.17. The number of fused-ring (bicyclic) bond motifs is 1. The van der Waals surface area contributed by atoms with Crippen molar-refractivity contribution >= 4 is 21.6 Å². The number of nitrogens with zero attached hydrogens (tertiary/aromatic N) is 6. The largest absolute Gasteiger partial charge is 0.368 e. The topological polar surface area (TPSA) is 121 Å². The second kappa shape index (κ2) is 4.00. The number of hydrogen-bond donors (Lipinski definition) is 1. The fourth-order valence-electron chi connectivity index (χ4n) is 1.75. The molecule has 3 heterocycles. The summed E-state index contributed by atoms with van der Waals surface area (Å²) < 4.78 is 26.0. The van der Waals surface area contributed by atoms with Gasteiger partial charge in [0, 0.05) is 19.5 Å². The van der Waals surface area contributed by atoms with E-state index in [-0.39, 0.29) is 16.9 Å². The van der Waals surface area contributed by atoms with Crippen molar-refractivity contribution in [2.24, 2.45) is 7.05 Å². The maximum atomic E-state index is 11.5. The Morgan fingerprint density at radius 3 is 2.60 bits per heavy atom. The summed E-state index contributed by atoms with van der Waals surface area (Å²) in [7, 11) is -1.71. The molecule has 0 aromatic carbocycles. The summed E-state index contributed by atoms with van der Waals surface area (Å²) >= 11 is 0. The lowest BCUT2D eigenvalue weighted by Gasteiger charge is -1.99. The van der Waals surface area contributed by atoms with Crippen LogP contribution < -0.4 is 5.73 Å². The maximum Gasteiger partial charge on any atom is 0.258 e. The zero-order chi connectivity index (χ0) is 14.5. The zero-order valence-electron chi connectivity index (χ0n) is 10.7. The van der Waals surface area contributed by atoms with Gasteiger partial charge in [-0.3, -0.25) is 0 Å². The molecule has 9 nitrogen and oxygen atoms in total. The third kappa shape index (κ3) is 1.90. The lowest BCUT2D eigenvalue weighted by molar-refractivity contribution is 0.592. The minimum absolute atomic E-state index is 0.0802. The molecule has 0 spiro atoms. The van der Waals surface area contributed by atoms with Crippen molar-refractivity contribution in [3.63, 3.8) is 0 Å². The second-order valence-corrected chi connectivity index (χ2v) is 6.20. The van der Waals surface area contributed by atoms with Gasteiger partial charge in [0.15, 0.2) is 5.82 Å². The number of nitrogen functional groups attached to an aromatic ring is 1. The van der Waals surface area contributed by atoms with E-state index < -0.39 is 9.84 Å². The smallest absolute Gasteiger partial charge is 0.258 e. The zero-order valence-corrected chi connectivity index (χ0v) is 11.5. The summed E-state index contributed by atoms with van der Waals surface area (Å²) in [6.45, 7) is 0. The summed E-state index contributed by atoms with van der Waals surface area (Å²) in [4.78, 5) is 11.8. The summed E-state index contributed by atoms with van der Waals surface area (Å²) in [6, 6.07) is 3.67. The van der Waals surface area contributed by atoms with Crippen LogP contribution in [0, 0.1) is 0 Å². The average Bonchev–Trinajstić information content (AvgIpc) is 2.93. The van der Waals surface area contributed by atoms with Gasteiger partial charge < -0.3 is 10.3 Å². The van der Waals surface area contributed by atoms with Crippen LogP contribution in [-0.4, -0.2) is 43.8 Å². The third-order valence-corrected chi connectivity index (χ3v) is 3.56. The van der Waals surface area contributed by atoms with Gasteiger partial charge in [-0.25, -0.2) is 8.42 Å². The SMILES string of the molecule is Cn1cccc1-c1nc2nc(S(C)(=O)=O)nc(N)n2n1. The minimum atomic E-state index is -3.56. The molecule has 0 radical (unpaired) electrons. The van der Waals surface area contributed by atoms with Gasteiger partial charge in [-0.1, -0.05) is 0 Å². The van der Waals surface area contributed by atoms with E-state index in [0.29, 0.717) is 5.82 Å². The van der Waals surface area contributed by atoms with Crippen molar-refractivity contribution < 1.29 is 8.42 Å². The van der Waals surface area contributed by atoms with E-state index in [1.54, 1.807) is 0 Å². The van der Waals surface area contributed by atoms with E-state index in [4.69, 9.17) is 5.73 Å². The van der Waals surface area contributed by atoms with Crippen LogP contribution in [0.15, 0.2) is 23.5 Å². The molecule has 0 saturated carbocycles. The molecule has 3 aromatic rings. The molecule has 104 valence electrons. The monoisotopic (exact) mass is 293 g/mol. The van der Waals surface area contributed by atoms with E-state index in [1.807, 2.05) is 29.9 Å². The number of nitrogens with two attached hydrogens (primary N) is 1. The van der Waals surface area contributed by atoms with Crippen LogP contribution in [0.25, 0.3) is 17.3 Å². The van der Waals surface area contributed by atoms with Crippen LogP contribution in [-0.2, 0) is 16.9 Å². The molecular weight excluding hydrogens is 282 g/mol. The molecule has 0 aliphatic heterocycles. The first-order chi connectivity index (χ1) is 9.36. The van der Waals surface area contributed by atoms with Crippen LogP contribution in [0.3, 0.4) is 0 Å². The van der Waals surface area contributed by atoms with Crippen molar-refractivity contribution in [3.05, 3.63) is 18.3 Å². The Morgan fingerprint density at radius 1 is 1.25 bits per heavy atom. The third-order valence-electron chi connectivity index (χ3n) is 2.72. The molecule has 3 rings (SSSR count). The van der Waals surface area contributed by atoms with E-state index in [2.05, 4.69) is 20.1 Å². The van der Waals surface area contributed by atoms with Gasteiger partial charge in [0.05, 0.1) is 5.69 Å². The van der Waals surface area contributed by atoms with Crippen LogP contribution in [0.1, 0.15) is 0 Å². The number of rotatable bonds is 2. The predicted molar refractivity (Wildman–Crippen MR) is 70.5 cm³/mol. The quantitative estimate of drug-likeness (QED) is 0.676. The average molecular weight is 293 g/mol. The van der Waals surface area contributed by atoms with Gasteiger partial charge in [0.25, 0.3) is 10.9 Å². The number of sulfone groups is 1. The van der Waals surface area contributed by atoms with E-state index in [0.717, 1.165) is 11.9 Å². The fourth-order valence-corrected chi connectivity index (χ4v) is 2.26. The summed E-state index contributed by atoms with van der Waals surface area (Å²) in [5.41, 5.74) is 6.46. The molecule has 0 unspecified atom stereocenters. The van der Waals surface area contributed by atoms with Gasteiger partial charge in [-0.15, -0.1) is 5.10 Å². The van der Waals surface area contributed by atoms with Crippen LogP contribution in [0.5, 0.6) is 0 Å². The van der Waals surface area contributed by atoms with Gasteiger partial charge in [-0.05, 0) is 12.1 Å². The van der Waals surface area contributed by atoms with Crippen LogP contribution in [0.2, 0.25) is 0 Å². The molecule has 0 saturated heterocycles. The Labute approximate surface area is 114 Å². The minimum Gasteiger partial charge on any atom is -0.368 e. The second-order valence-electron chi connectivity index (χ2n) is 4.29. The van der Waals surface area contributed by atoms with Crippen LogP contribution >= 0.6 is 0 Å². The Bertz CT molecular complexity index is 909. The van der Waals surface area contributed by atoms with Gasteiger partial charge in [-0.2, -0.15) is 19.5 Å². The first-order valence-corrected chi connectivity index (χ1v) is 7.47. The highest BCUT2D eigenvalue weighted by molar-refractivity contribution is 7.90. The van der Waals surface area contributed by atoms with Gasteiger partial charge in [0.1, 0.15) is 0 Å². The van der Waals surface area contributed by atoms with E-state index in [1.165, 1.54) is 4.52 Å². The summed E-state index contributed by atoms with van der Waals surface area (Å²) in [5.74, 6) is 0.404. The molecule has 0 aliphatic rings. The highest BCUT2D eigenvalue weighted by atomic mass is 32.2. The molecule has 0 amide bonds. The number of hydrogen-bond acceptors (Lipinski definition) is 7.